The van der Waals surface area contributed by atoms with Gasteiger partial charge in [-0.05, 0) is 71.3 Å². The van der Waals surface area contributed by atoms with Crippen molar-refractivity contribution in [3.8, 4) is 0 Å². The summed E-state index contributed by atoms with van der Waals surface area (Å²) in [6.07, 6.45) is 5.37. The van der Waals surface area contributed by atoms with E-state index in [-0.39, 0.29) is 0 Å². The number of piperidine rings is 1. The van der Waals surface area contributed by atoms with Crippen LogP contribution in [0.3, 0.4) is 0 Å². The van der Waals surface area contributed by atoms with Gasteiger partial charge in [0.1, 0.15) is 0 Å². The van der Waals surface area contributed by atoms with Gasteiger partial charge in [-0.15, -0.1) is 0 Å². The Morgan fingerprint density at radius 2 is 2.10 bits per heavy atom. The molecule has 1 heterocycles. The van der Waals surface area contributed by atoms with Gasteiger partial charge in [0.2, 0.25) is 0 Å². The number of nitrogens with one attached hydrogen (secondary N) is 1. The third-order valence-corrected chi connectivity index (χ3v) is 4.78. The average Bonchev–Trinajstić information content (AvgIpc) is 2.47. The molecular formula is C18H30N2. The van der Waals surface area contributed by atoms with Crippen LogP contribution in [0.1, 0.15) is 55.3 Å². The summed E-state index contributed by atoms with van der Waals surface area (Å²) in [5.74, 6) is 0. The van der Waals surface area contributed by atoms with Crippen LogP contribution in [0.4, 0.5) is 0 Å². The maximum atomic E-state index is 3.31. The van der Waals surface area contributed by atoms with Gasteiger partial charge in [0.15, 0.2) is 0 Å². The first-order chi connectivity index (χ1) is 9.63. The van der Waals surface area contributed by atoms with Crippen molar-refractivity contribution in [2.45, 2.75) is 58.5 Å². The summed E-state index contributed by atoms with van der Waals surface area (Å²) in [6, 6.07) is 8.15. The summed E-state index contributed by atoms with van der Waals surface area (Å²) in [6.45, 7) is 9.21. The Morgan fingerprint density at radius 1 is 1.30 bits per heavy atom. The standard InChI is InChI=1S/C18H30N2/c1-14-8-9-15(2)18(13-14)16(3)20-12-6-5-7-17(20)10-11-19-4/h8-9,13,16-17,19H,5-7,10-12H2,1-4H3. The third kappa shape index (κ3) is 3.62. The van der Waals surface area contributed by atoms with Crippen LogP contribution in [0, 0.1) is 13.8 Å². The van der Waals surface area contributed by atoms with Crippen molar-refractivity contribution in [1.82, 2.24) is 10.2 Å². The van der Waals surface area contributed by atoms with Crippen LogP contribution < -0.4 is 5.32 Å². The maximum Gasteiger partial charge on any atom is 0.0325 e. The summed E-state index contributed by atoms with van der Waals surface area (Å²) in [7, 11) is 2.06. The van der Waals surface area contributed by atoms with Gasteiger partial charge in [-0.2, -0.15) is 0 Å². The zero-order valence-electron chi connectivity index (χ0n) is 13.6. The molecule has 1 aromatic carbocycles. The van der Waals surface area contributed by atoms with Crippen molar-refractivity contribution in [2.24, 2.45) is 0 Å². The minimum absolute atomic E-state index is 0.539. The van der Waals surface area contributed by atoms with E-state index in [0.29, 0.717) is 6.04 Å². The summed E-state index contributed by atoms with van der Waals surface area (Å²) >= 11 is 0. The fraction of sp³-hybridized carbons (Fsp3) is 0.667. The van der Waals surface area contributed by atoms with Crippen LogP contribution >= 0.6 is 0 Å². The molecule has 2 nitrogen and oxygen atoms in total. The lowest BCUT2D eigenvalue weighted by Crippen LogP contribution is -2.42. The van der Waals surface area contributed by atoms with E-state index in [0.717, 1.165) is 12.6 Å². The van der Waals surface area contributed by atoms with Gasteiger partial charge in [-0.3, -0.25) is 4.90 Å². The Hall–Kier alpha value is -0.860. The molecule has 0 bridgehead atoms. The number of nitrogens with zero attached hydrogens (tertiary/aromatic N) is 1. The van der Waals surface area contributed by atoms with E-state index in [1.165, 1.54) is 48.9 Å². The number of hydrogen-bond acceptors (Lipinski definition) is 2. The summed E-state index contributed by atoms with van der Waals surface area (Å²) in [4.78, 5) is 2.74. The van der Waals surface area contributed by atoms with Crippen molar-refractivity contribution < 1.29 is 0 Å². The minimum Gasteiger partial charge on any atom is -0.320 e. The number of likely N-dealkylation sites (tertiary alicyclic amines) is 1. The predicted molar refractivity (Wildman–Crippen MR) is 87.2 cm³/mol. The van der Waals surface area contributed by atoms with E-state index < -0.39 is 0 Å². The molecule has 2 atom stereocenters. The maximum absolute atomic E-state index is 3.31. The Morgan fingerprint density at radius 3 is 2.85 bits per heavy atom. The molecule has 1 N–H and O–H groups in total. The van der Waals surface area contributed by atoms with E-state index >= 15 is 0 Å². The zero-order chi connectivity index (χ0) is 14.5. The molecule has 1 saturated heterocycles. The van der Waals surface area contributed by atoms with Gasteiger partial charge < -0.3 is 5.32 Å². The predicted octanol–water partition coefficient (Wildman–Crippen LogP) is 3.83. The number of rotatable bonds is 5. The summed E-state index contributed by atoms with van der Waals surface area (Å²) < 4.78 is 0. The molecule has 2 unspecified atom stereocenters. The van der Waals surface area contributed by atoms with Crippen molar-refractivity contribution in [3.63, 3.8) is 0 Å². The largest absolute Gasteiger partial charge is 0.320 e. The monoisotopic (exact) mass is 274 g/mol. The minimum atomic E-state index is 0.539. The smallest absolute Gasteiger partial charge is 0.0325 e. The second-order valence-corrected chi connectivity index (χ2v) is 6.32. The van der Waals surface area contributed by atoms with E-state index in [4.69, 9.17) is 0 Å². The zero-order valence-corrected chi connectivity index (χ0v) is 13.6. The molecule has 2 heteroatoms. The fourth-order valence-corrected chi connectivity index (χ4v) is 3.54. The number of benzene rings is 1. The molecule has 20 heavy (non-hydrogen) atoms. The lowest BCUT2D eigenvalue weighted by Gasteiger charge is -2.40. The lowest BCUT2D eigenvalue weighted by atomic mass is 9.92. The van der Waals surface area contributed by atoms with E-state index in [2.05, 4.69) is 56.2 Å². The summed E-state index contributed by atoms with van der Waals surface area (Å²) in [5, 5.41) is 3.31. The molecule has 1 aliphatic heterocycles. The first-order valence-electron chi connectivity index (χ1n) is 8.11. The quantitative estimate of drug-likeness (QED) is 0.878. The highest BCUT2D eigenvalue weighted by Gasteiger charge is 2.27. The van der Waals surface area contributed by atoms with Crippen molar-refractivity contribution in [3.05, 3.63) is 34.9 Å². The Labute approximate surface area is 124 Å². The van der Waals surface area contributed by atoms with Crippen LogP contribution in [-0.2, 0) is 0 Å². The fourth-order valence-electron chi connectivity index (χ4n) is 3.54. The highest BCUT2D eigenvalue weighted by atomic mass is 15.2. The Kier molecular flexibility index (Phi) is 5.62. The third-order valence-electron chi connectivity index (χ3n) is 4.78. The molecule has 112 valence electrons. The average molecular weight is 274 g/mol. The molecule has 2 rings (SSSR count). The molecule has 0 spiro atoms. The van der Waals surface area contributed by atoms with Crippen LogP contribution in [0.15, 0.2) is 18.2 Å². The van der Waals surface area contributed by atoms with E-state index in [1.807, 2.05) is 0 Å². The molecule has 0 radical (unpaired) electrons. The van der Waals surface area contributed by atoms with Crippen molar-refractivity contribution in [2.75, 3.05) is 20.1 Å². The lowest BCUT2D eigenvalue weighted by molar-refractivity contribution is 0.0968. The van der Waals surface area contributed by atoms with E-state index in [1.54, 1.807) is 0 Å². The molecule has 1 aromatic rings. The van der Waals surface area contributed by atoms with Crippen LogP contribution in [-0.4, -0.2) is 31.1 Å². The first kappa shape index (κ1) is 15.5. The van der Waals surface area contributed by atoms with Crippen LogP contribution in [0.5, 0.6) is 0 Å². The first-order valence-corrected chi connectivity index (χ1v) is 8.11. The summed E-state index contributed by atoms with van der Waals surface area (Å²) in [5.41, 5.74) is 4.32. The van der Waals surface area contributed by atoms with E-state index in [9.17, 15) is 0 Å². The molecule has 0 aliphatic carbocycles. The molecule has 1 fully saturated rings. The SMILES string of the molecule is CNCCC1CCCCN1C(C)c1cc(C)ccc1C. The van der Waals surface area contributed by atoms with Gasteiger partial charge in [0.05, 0.1) is 0 Å². The Balaban J connectivity index is 2.16. The molecule has 0 amide bonds. The topological polar surface area (TPSA) is 15.3 Å². The van der Waals surface area contributed by atoms with Gasteiger partial charge >= 0.3 is 0 Å². The van der Waals surface area contributed by atoms with Gasteiger partial charge in [0.25, 0.3) is 0 Å². The van der Waals surface area contributed by atoms with Gasteiger partial charge in [-0.1, -0.05) is 30.2 Å². The molecular weight excluding hydrogens is 244 g/mol. The Bertz CT molecular complexity index is 427. The van der Waals surface area contributed by atoms with Crippen molar-refractivity contribution >= 4 is 0 Å². The van der Waals surface area contributed by atoms with Crippen LogP contribution in [0.2, 0.25) is 0 Å². The number of hydrogen-bond donors (Lipinski definition) is 1. The van der Waals surface area contributed by atoms with Gasteiger partial charge in [0, 0.05) is 12.1 Å². The second kappa shape index (κ2) is 7.24. The van der Waals surface area contributed by atoms with Gasteiger partial charge in [-0.25, -0.2) is 0 Å². The second-order valence-electron chi connectivity index (χ2n) is 6.32. The van der Waals surface area contributed by atoms with Crippen LogP contribution in [0.25, 0.3) is 0 Å². The molecule has 0 saturated carbocycles. The molecule has 0 aromatic heterocycles. The number of aryl methyl sites for hydroxylation is 2. The highest BCUT2D eigenvalue weighted by molar-refractivity contribution is 5.32. The van der Waals surface area contributed by atoms with Crippen molar-refractivity contribution in [1.29, 1.82) is 0 Å². The highest BCUT2D eigenvalue weighted by Crippen LogP contribution is 2.31. The normalized spacial score (nSPS) is 21.9. The molecule has 1 aliphatic rings.